The Morgan fingerprint density at radius 1 is 1.31 bits per heavy atom. The minimum absolute atomic E-state index is 0.0124. The van der Waals surface area contributed by atoms with Crippen molar-refractivity contribution in [1.29, 1.82) is 0 Å². The van der Waals surface area contributed by atoms with Crippen molar-refractivity contribution in [3.8, 4) is 17.2 Å². The third-order valence-corrected chi connectivity index (χ3v) is 3.08. The predicted octanol–water partition coefficient (Wildman–Crippen LogP) is 2.23. The highest BCUT2D eigenvalue weighted by molar-refractivity contribution is 5.83. The molecule has 0 spiro atoms. The van der Waals surface area contributed by atoms with Crippen LogP contribution in [0.5, 0.6) is 17.2 Å². The van der Waals surface area contributed by atoms with Crippen LogP contribution in [0.1, 0.15) is 12.5 Å². The van der Waals surface area contributed by atoms with Gasteiger partial charge in [-0.05, 0) is 36.8 Å². The molecule has 0 aromatic heterocycles. The minimum atomic E-state index is -0.550. The lowest BCUT2D eigenvalue weighted by Gasteiger charge is -2.06. The molecule has 26 heavy (non-hydrogen) atoms. The number of phenols is 1. The molecule has 2 aromatic carbocycles. The van der Waals surface area contributed by atoms with Gasteiger partial charge in [-0.2, -0.15) is 5.10 Å². The Balaban J connectivity index is 1.87. The molecule has 1 amide bonds. The molecule has 0 saturated heterocycles. The Hall–Kier alpha value is -3.62. The first-order valence-electron chi connectivity index (χ1n) is 7.64. The van der Waals surface area contributed by atoms with Crippen molar-refractivity contribution in [1.82, 2.24) is 5.43 Å². The van der Waals surface area contributed by atoms with E-state index in [1.807, 2.05) is 0 Å². The van der Waals surface area contributed by atoms with Crippen LogP contribution in [0, 0.1) is 10.1 Å². The van der Waals surface area contributed by atoms with Crippen molar-refractivity contribution in [2.75, 3.05) is 13.2 Å². The van der Waals surface area contributed by atoms with E-state index in [-0.39, 0.29) is 23.8 Å². The molecular formula is C17H17N3O6. The summed E-state index contributed by atoms with van der Waals surface area (Å²) in [6.07, 6.45) is 1.38. The third kappa shape index (κ3) is 5.48. The number of hydrazone groups is 1. The number of ether oxygens (including phenoxy) is 2. The van der Waals surface area contributed by atoms with Gasteiger partial charge in [-0.3, -0.25) is 14.9 Å². The first-order chi connectivity index (χ1) is 12.5. The zero-order valence-corrected chi connectivity index (χ0v) is 13.9. The van der Waals surface area contributed by atoms with Crippen molar-refractivity contribution in [3.63, 3.8) is 0 Å². The van der Waals surface area contributed by atoms with Crippen LogP contribution in [0.15, 0.2) is 47.6 Å². The number of hydrogen-bond donors (Lipinski definition) is 2. The number of nitrogens with zero attached hydrogens (tertiary/aromatic N) is 2. The second-order valence-electron chi connectivity index (χ2n) is 5.00. The summed E-state index contributed by atoms with van der Waals surface area (Å²) >= 11 is 0. The first-order valence-corrected chi connectivity index (χ1v) is 7.64. The summed E-state index contributed by atoms with van der Waals surface area (Å²) < 4.78 is 10.4. The molecular weight excluding hydrogens is 342 g/mol. The number of phenolic OH excluding ortho intramolecular Hbond substituents is 1. The van der Waals surface area contributed by atoms with E-state index in [0.717, 1.165) is 0 Å². The van der Waals surface area contributed by atoms with Gasteiger partial charge in [0.15, 0.2) is 18.1 Å². The van der Waals surface area contributed by atoms with Gasteiger partial charge < -0.3 is 14.6 Å². The number of nitro groups is 1. The van der Waals surface area contributed by atoms with Crippen LogP contribution in [-0.4, -0.2) is 35.4 Å². The molecule has 9 heteroatoms. The quantitative estimate of drug-likeness (QED) is 0.423. The number of carbonyl (C=O) groups excluding carboxylic acids is 1. The monoisotopic (exact) mass is 359 g/mol. The molecule has 0 unspecified atom stereocenters. The van der Waals surface area contributed by atoms with Gasteiger partial charge in [0.2, 0.25) is 0 Å². The Bertz CT molecular complexity index is 822. The average Bonchev–Trinajstić information content (AvgIpc) is 2.63. The molecule has 0 fully saturated rings. The fourth-order valence-electron chi connectivity index (χ4n) is 1.93. The highest BCUT2D eigenvalue weighted by Gasteiger charge is 2.08. The highest BCUT2D eigenvalue weighted by Crippen LogP contribution is 2.26. The van der Waals surface area contributed by atoms with Crippen molar-refractivity contribution >= 4 is 17.8 Å². The molecule has 0 heterocycles. The molecule has 0 aliphatic carbocycles. The highest BCUT2D eigenvalue weighted by atomic mass is 16.6. The van der Waals surface area contributed by atoms with Gasteiger partial charge >= 0.3 is 0 Å². The molecule has 2 N–H and O–H groups in total. The van der Waals surface area contributed by atoms with Crippen molar-refractivity contribution in [3.05, 3.63) is 58.1 Å². The number of hydrogen-bond acceptors (Lipinski definition) is 7. The van der Waals surface area contributed by atoms with Crippen LogP contribution in [-0.2, 0) is 4.79 Å². The smallest absolute Gasteiger partial charge is 0.277 e. The SMILES string of the molecule is CCOc1cc(/C=N\NC(=O)COc2cccc([N+](=O)[O-])c2)ccc1O. The zero-order valence-electron chi connectivity index (χ0n) is 13.9. The summed E-state index contributed by atoms with van der Waals surface area (Å²) in [5, 5.41) is 24.1. The van der Waals surface area contributed by atoms with Gasteiger partial charge in [0.05, 0.1) is 23.8 Å². The van der Waals surface area contributed by atoms with Crippen molar-refractivity contribution in [2.45, 2.75) is 6.92 Å². The van der Waals surface area contributed by atoms with Gasteiger partial charge in [0.1, 0.15) is 5.75 Å². The zero-order chi connectivity index (χ0) is 18.9. The Morgan fingerprint density at radius 2 is 2.12 bits per heavy atom. The van der Waals surface area contributed by atoms with E-state index in [9.17, 15) is 20.0 Å². The lowest BCUT2D eigenvalue weighted by Crippen LogP contribution is -2.24. The molecule has 0 radical (unpaired) electrons. The van der Waals surface area contributed by atoms with Crippen LogP contribution in [0.2, 0.25) is 0 Å². The van der Waals surface area contributed by atoms with Gasteiger partial charge in [0, 0.05) is 6.07 Å². The second-order valence-corrected chi connectivity index (χ2v) is 5.00. The van der Waals surface area contributed by atoms with E-state index < -0.39 is 10.8 Å². The number of non-ortho nitro benzene ring substituents is 1. The largest absolute Gasteiger partial charge is 0.504 e. The maximum atomic E-state index is 11.7. The molecule has 136 valence electrons. The number of benzene rings is 2. The maximum Gasteiger partial charge on any atom is 0.277 e. The van der Waals surface area contributed by atoms with Crippen LogP contribution in [0.25, 0.3) is 0 Å². The number of nitro benzene ring substituents is 1. The summed E-state index contributed by atoms with van der Waals surface area (Å²) in [5.41, 5.74) is 2.76. The molecule has 0 aliphatic heterocycles. The van der Waals surface area contributed by atoms with Crippen LogP contribution < -0.4 is 14.9 Å². The average molecular weight is 359 g/mol. The van der Waals surface area contributed by atoms with E-state index >= 15 is 0 Å². The minimum Gasteiger partial charge on any atom is -0.504 e. The number of rotatable bonds is 8. The van der Waals surface area contributed by atoms with E-state index in [1.165, 1.54) is 36.5 Å². The molecule has 0 aliphatic rings. The van der Waals surface area contributed by atoms with Gasteiger partial charge in [-0.25, -0.2) is 5.43 Å². The normalized spacial score (nSPS) is 10.5. The van der Waals surface area contributed by atoms with Gasteiger partial charge in [0.25, 0.3) is 11.6 Å². The predicted molar refractivity (Wildman–Crippen MR) is 93.6 cm³/mol. The fraction of sp³-hybridized carbons (Fsp3) is 0.176. The topological polar surface area (TPSA) is 123 Å². The second kappa shape index (κ2) is 9.02. The molecule has 0 saturated carbocycles. The van der Waals surface area contributed by atoms with Gasteiger partial charge in [-0.1, -0.05) is 6.07 Å². The Labute approximate surface area is 149 Å². The number of carbonyl (C=O) groups is 1. The summed E-state index contributed by atoms with van der Waals surface area (Å²) in [6, 6.07) is 10.2. The van der Waals surface area contributed by atoms with Crippen molar-refractivity contribution in [2.24, 2.45) is 5.10 Å². The standard InChI is InChI=1S/C17H17N3O6/c1-2-25-16-8-12(6-7-15(16)21)10-18-19-17(22)11-26-14-5-3-4-13(9-14)20(23)24/h3-10,21H,2,11H2,1H3,(H,19,22)/b18-10-. The summed E-state index contributed by atoms with van der Waals surface area (Å²) in [6.45, 7) is 1.85. The summed E-state index contributed by atoms with van der Waals surface area (Å²) in [4.78, 5) is 21.8. The maximum absolute atomic E-state index is 11.7. The van der Waals surface area contributed by atoms with Crippen molar-refractivity contribution < 1.29 is 24.3 Å². The summed E-state index contributed by atoms with van der Waals surface area (Å²) in [7, 11) is 0. The van der Waals surface area contributed by atoms with E-state index in [4.69, 9.17) is 9.47 Å². The number of nitrogens with one attached hydrogen (secondary N) is 1. The number of amides is 1. The Morgan fingerprint density at radius 3 is 2.85 bits per heavy atom. The summed E-state index contributed by atoms with van der Waals surface area (Å²) in [5.74, 6) is 0.00459. The van der Waals surface area contributed by atoms with E-state index in [0.29, 0.717) is 17.9 Å². The first kappa shape index (κ1) is 18.7. The van der Waals surface area contributed by atoms with E-state index in [1.54, 1.807) is 19.1 Å². The molecule has 0 atom stereocenters. The van der Waals surface area contributed by atoms with Crippen LogP contribution in [0.3, 0.4) is 0 Å². The van der Waals surface area contributed by atoms with Gasteiger partial charge in [-0.15, -0.1) is 0 Å². The van der Waals surface area contributed by atoms with E-state index in [2.05, 4.69) is 10.5 Å². The molecule has 2 aromatic rings. The van der Waals surface area contributed by atoms with Crippen LogP contribution >= 0.6 is 0 Å². The molecule has 0 bridgehead atoms. The van der Waals surface area contributed by atoms with Crippen LogP contribution in [0.4, 0.5) is 5.69 Å². The lowest BCUT2D eigenvalue weighted by molar-refractivity contribution is -0.384. The number of aromatic hydroxyl groups is 1. The lowest BCUT2D eigenvalue weighted by atomic mass is 10.2. The molecule has 2 rings (SSSR count). The fourth-order valence-corrected chi connectivity index (χ4v) is 1.93. The molecule has 9 nitrogen and oxygen atoms in total. The third-order valence-electron chi connectivity index (χ3n) is 3.08. The Kier molecular flexibility index (Phi) is 6.49.